The maximum absolute atomic E-state index is 13.2. The Balaban J connectivity index is 0.978. The van der Waals surface area contributed by atoms with Gasteiger partial charge >= 0.3 is 0 Å². The normalized spacial score (nSPS) is 15.8. The molecule has 4 aromatic rings. The molecule has 2 saturated heterocycles. The van der Waals surface area contributed by atoms with Crippen molar-refractivity contribution in [1.29, 1.82) is 0 Å². The number of anilines is 2. The molecule has 2 aliphatic rings. The lowest BCUT2D eigenvalue weighted by atomic mass is 10.1. The molecule has 3 aromatic carbocycles. The molecule has 0 radical (unpaired) electrons. The van der Waals surface area contributed by atoms with Gasteiger partial charge in [-0.3, -0.25) is 19.3 Å². The third-order valence-electron chi connectivity index (χ3n) is 9.09. The van der Waals surface area contributed by atoms with Gasteiger partial charge in [0.15, 0.2) is 5.76 Å². The van der Waals surface area contributed by atoms with Crippen LogP contribution in [0.15, 0.2) is 77.2 Å². The van der Waals surface area contributed by atoms with Gasteiger partial charge in [-0.25, -0.2) is 4.39 Å². The van der Waals surface area contributed by atoms with Crippen LogP contribution in [-0.2, 0) is 4.79 Å². The second kappa shape index (κ2) is 13.7. The fourth-order valence-corrected chi connectivity index (χ4v) is 6.27. The van der Waals surface area contributed by atoms with Gasteiger partial charge in [0, 0.05) is 99.4 Å². The van der Waals surface area contributed by atoms with Gasteiger partial charge in [0.05, 0.1) is 6.54 Å². The largest absolute Gasteiger partial charge is 0.452 e. The van der Waals surface area contributed by atoms with Gasteiger partial charge in [-0.05, 0) is 80.6 Å². The van der Waals surface area contributed by atoms with Gasteiger partial charge in [0.1, 0.15) is 11.4 Å². The molecule has 0 unspecified atom stereocenters. The number of amides is 2. The van der Waals surface area contributed by atoms with Gasteiger partial charge in [-0.1, -0.05) is 0 Å². The van der Waals surface area contributed by atoms with Crippen LogP contribution in [0, 0.1) is 5.82 Å². The van der Waals surface area contributed by atoms with Crippen molar-refractivity contribution in [2.45, 2.75) is 13.8 Å². The van der Waals surface area contributed by atoms with Crippen molar-refractivity contribution in [3.05, 3.63) is 95.5 Å². The first-order chi connectivity index (χ1) is 22.3. The Morgan fingerprint density at radius 1 is 0.739 bits per heavy atom. The number of hydrogen-bond acceptors (Lipinski definition) is 7. The number of fused-ring (bicyclic) bond motifs is 1. The lowest BCUT2D eigenvalue weighted by molar-refractivity contribution is -0.133. The van der Waals surface area contributed by atoms with E-state index in [2.05, 4.69) is 34.6 Å². The van der Waals surface area contributed by atoms with Crippen LogP contribution in [0.2, 0.25) is 0 Å². The summed E-state index contributed by atoms with van der Waals surface area (Å²) in [7, 11) is 0. The minimum Gasteiger partial charge on any atom is -0.452 e. The molecule has 1 aromatic heterocycles. The topological polar surface area (TPSA) is 80.6 Å². The van der Waals surface area contributed by atoms with Crippen LogP contribution in [0.25, 0.3) is 11.0 Å². The molecule has 10 heteroatoms. The van der Waals surface area contributed by atoms with Gasteiger partial charge in [-0.2, -0.15) is 0 Å². The van der Waals surface area contributed by atoms with E-state index in [4.69, 9.17) is 4.42 Å². The molecule has 2 fully saturated rings. The molecular formula is C36H40FN5O4. The van der Waals surface area contributed by atoms with Crippen LogP contribution in [-0.4, -0.2) is 104 Å². The molecule has 0 bridgehead atoms. The minimum atomic E-state index is -0.366. The van der Waals surface area contributed by atoms with E-state index in [1.165, 1.54) is 24.3 Å². The van der Waals surface area contributed by atoms with E-state index < -0.39 is 0 Å². The second-order valence-electron chi connectivity index (χ2n) is 11.8. The average molecular weight is 626 g/mol. The maximum Gasteiger partial charge on any atom is 0.253 e. The summed E-state index contributed by atoms with van der Waals surface area (Å²) in [6.45, 7) is 11.3. The Hall–Kier alpha value is -4.70. The molecule has 2 aliphatic heterocycles. The first-order valence-corrected chi connectivity index (χ1v) is 16.1. The highest BCUT2D eigenvalue weighted by Gasteiger charge is 2.27. The molecule has 46 heavy (non-hydrogen) atoms. The Bertz CT molecular complexity index is 1680. The molecule has 0 saturated carbocycles. The van der Waals surface area contributed by atoms with E-state index >= 15 is 0 Å². The lowest BCUT2D eigenvalue weighted by Gasteiger charge is -2.38. The van der Waals surface area contributed by atoms with Crippen molar-refractivity contribution in [2.24, 2.45) is 0 Å². The van der Waals surface area contributed by atoms with Crippen molar-refractivity contribution in [3.63, 3.8) is 0 Å². The average Bonchev–Trinajstić information content (AvgIpc) is 3.53. The Kier molecular flexibility index (Phi) is 9.35. The minimum absolute atomic E-state index is 0.0916. The van der Waals surface area contributed by atoms with Gasteiger partial charge in [-0.15, -0.1) is 0 Å². The SMILES string of the molecule is CCN(CC)c1ccc2cc(C(=O)c3ccc(N4CCN(C(=O)CN5CCN(C(=O)c6ccc(F)cc6)CC5)CC4)cc3)oc2c1. The highest BCUT2D eigenvalue weighted by molar-refractivity contribution is 6.09. The molecule has 0 N–H and O–H groups in total. The summed E-state index contributed by atoms with van der Waals surface area (Å²) in [5, 5.41) is 0.905. The van der Waals surface area contributed by atoms with Crippen molar-refractivity contribution in [3.8, 4) is 0 Å². The number of ketones is 1. The number of hydrogen-bond donors (Lipinski definition) is 0. The standard InChI is InChI=1S/C36H40FN5O4/c1-3-39(4-2)31-14-9-28-23-33(46-32(28)24-31)35(44)26-7-12-30(13-8-26)40-19-21-41(22-20-40)34(43)25-38-15-17-42(18-16-38)36(45)27-5-10-29(37)11-6-27/h5-14,23-24H,3-4,15-22,25H2,1-2H3. The molecule has 0 atom stereocenters. The maximum atomic E-state index is 13.2. The third kappa shape index (κ3) is 6.77. The molecule has 3 heterocycles. The molecule has 2 amide bonds. The van der Waals surface area contributed by atoms with E-state index in [-0.39, 0.29) is 23.4 Å². The van der Waals surface area contributed by atoms with E-state index in [1.54, 1.807) is 11.0 Å². The number of halogens is 1. The first-order valence-electron chi connectivity index (χ1n) is 16.1. The number of furan rings is 1. The molecule has 240 valence electrons. The van der Waals surface area contributed by atoms with Crippen molar-refractivity contribution < 1.29 is 23.2 Å². The summed E-state index contributed by atoms with van der Waals surface area (Å²) in [6.07, 6.45) is 0. The van der Waals surface area contributed by atoms with Crippen LogP contribution in [0.4, 0.5) is 15.8 Å². The molecule has 6 rings (SSSR count). The van der Waals surface area contributed by atoms with Gasteiger partial charge in [0.2, 0.25) is 11.7 Å². The fourth-order valence-electron chi connectivity index (χ4n) is 6.27. The Labute approximate surface area is 268 Å². The zero-order valence-corrected chi connectivity index (χ0v) is 26.5. The van der Waals surface area contributed by atoms with Crippen LogP contribution in [0.3, 0.4) is 0 Å². The molecular weight excluding hydrogens is 585 g/mol. The number of nitrogens with zero attached hydrogens (tertiary/aromatic N) is 5. The molecule has 0 spiro atoms. The van der Waals surface area contributed by atoms with Crippen LogP contribution in [0.1, 0.15) is 40.3 Å². The van der Waals surface area contributed by atoms with Crippen molar-refractivity contribution in [1.82, 2.24) is 14.7 Å². The number of rotatable bonds is 9. The number of benzene rings is 3. The zero-order chi connectivity index (χ0) is 32.2. The first kappa shape index (κ1) is 31.3. The highest BCUT2D eigenvalue weighted by atomic mass is 19.1. The zero-order valence-electron chi connectivity index (χ0n) is 26.5. The number of piperazine rings is 2. The van der Waals surface area contributed by atoms with Crippen LogP contribution in [0.5, 0.6) is 0 Å². The summed E-state index contributed by atoms with van der Waals surface area (Å²) in [4.78, 5) is 49.3. The highest BCUT2D eigenvalue weighted by Crippen LogP contribution is 2.27. The fraction of sp³-hybridized carbons (Fsp3) is 0.361. The second-order valence-corrected chi connectivity index (χ2v) is 11.8. The number of carbonyl (C=O) groups excluding carboxylic acids is 3. The third-order valence-corrected chi connectivity index (χ3v) is 9.09. The summed E-state index contributed by atoms with van der Waals surface area (Å²) in [5.41, 5.74) is 3.84. The number of carbonyl (C=O) groups is 3. The molecule has 9 nitrogen and oxygen atoms in total. The summed E-state index contributed by atoms with van der Waals surface area (Å²) < 4.78 is 19.2. The Morgan fingerprint density at radius 3 is 2.02 bits per heavy atom. The Morgan fingerprint density at radius 2 is 1.37 bits per heavy atom. The summed E-state index contributed by atoms with van der Waals surface area (Å²) in [5.74, 6) is -0.210. The van der Waals surface area contributed by atoms with Crippen molar-refractivity contribution >= 4 is 39.9 Å². The van der Waals surface area contributed by atoms with Crippen molar-refractivity contribution in [2.75, 3.05) is 81.8 Å². The predicted octanol–water partition coefficient (Wildman–Crippen LogP) is 4.76. The molecule has 0 aliphatic carbocycles. The smallest absolute Gasteiger partial charge is 0.253 e. The lowest BCUT2D eigenvalue weighted by Crippen LogP contribution is -2.54. The van der Waals surface area contributed by atoms with Gasteiger partial charge in [0.25, 0.3) is 5.91 Å². The van der Waals surface area contributed by atoms with Gasteiger partial charge < -0.3 is 24.0 Å². The predicted molar refractivity (Wildman–Crippen MR) is 177 cm³/mol. The quantitative estimate of drug-likeness (QED) is 0.248. The van der Waals surface area contributed by atoms with E-state index in [1.807, 2.05) is 41.3 Å². The van der Waals surface area contributed by atoms with E-state index in [0.717, 1.165) is 29.9 Å². The van der Waals surface area contributed by atoms with E-state index in [9.17, 15) is 18.8 Å². The van der Waals surface area contributed by atoms with Crippen LogP contribution >= 0.6 is 0 Å². The summed E-state index contributed by atoms with van der Waals surface area (Å²) >= 11 is 0. The van der Waals surface area contributed by atoms with Crippen LogP contribution < -0.4 is 9.80 Å². The van der Waals surface area contributed by atoms with E-state index in [0.29, 0.717) is 81.4 Å². The monoisotopic (exact) mass is 625 g/mol. The summed E-state index contributed by atoms with van der Waals surface area (Å²) in [6, 6.07) is 21.0.